The number of rotatable bonds is 4. The third-order valence-electron chi connectivity index (χ3n) is 0.845. The summed E-state index contributed by atoms with van der Waals surface area (Å²) in [5, 5.41) is 0. The van der Waals surface area contributed by atoms with E-state index in [9.17, 15) is 0 Å². The maximum absolute atomic E-state index is 5.10. The standard InChI is InChI=1S/C8H14O/c1-4-6-9-7-5-8(2)3/h4-5H,1,6-7H2,2-3H3. The summed E-state index contributed by atoms with van der Waals surface area (Å²) in [7, 11) is 0. The van der Waals surface area contributed by atoms with Gasteiger partial charge in [0.1, 0.15) is 0 Å². The lowest BCUT2D eigenvalue weighted by molar-refractivity contribution is 0.193. The maximum Gasteiger partial charge on any atom is 0.0654 e. The van der Waals surface area contributed by atoms with Crippen molar-refractivity contribution in [2.75, 3.05) is 13.2 Å². The van der Waals surface area contributed by atoms with Crippen molar-refractivity contribution < 1.29 is 4.74 Å². The lowest BCUT2D eigenvalue weighted by Crippen LogP contribution is -1.89. The molecule has 1 heteroatoms. The minimum Gasteiger partial charge on any atom is -0.373 e. The molecule has 0 radical (unpaired) electrons. The van der Waals surface area contributed by atoms with E-state index in [0.717, 1.165) is 0 Å². The first-order valence-corrected chi connectivity index (χ1v) is 3.09. The van der Waals surface area contributed by atoms with Crippen LogP contribution in [-0.2, 0) is 4.74 Å². The van der Waals surface area contributed by atoms with E-state index >= 15 is 0 Å². The van der Waals surface area contributed by atoms with E-state index in [1.165, 1.54) is 5.57 Å². The molecule has 0 aromatic carbocycles. The van der Waals surface area contributed by atoms with Crippen LogP contribution >= 0.6 is 0 Å². The van der Waals surface area contributed by atoms with Crippen molar-refractivity contribution in [2.45, 2.75) is 13.8 Å². The van der Waals surface area contributed by atoms with E-state index in [1.807, 2.05) is 6.08 Å². The lowest BCUT2D eigenvalue weighted by atomic mass is 10.3. The second-order valence-electron chi connectivity index (χ2n) is 2.11. The summed E-state index contributed by atoms with van der Waals surface area (Å²) in [5.41, 5.74) is 1.29. The first-order chi connectivity index (χ1) is 4.27. The molecule has 0 aromatic rings. The van der Waals surface area contributed by atoms with Crippen LogP contribution in [0.2, 0.25) is 0 Å². The summed E-state index contributed by atoms with van der Waals surface area (Å²) >= 11 is 0. The Morgan fingerprint density at radius 1 is 1.44 bits per heavy atom. The van der Waals surface area contributed by atoms with Crippen molar-refractivity contribution in [3.8, 4) is 0 Å². The average Bonchev–Trinajstić information content (AvgIpc) is 1.80. The van der Waals surface area contributed by atoms with Crippen molar-refractivity contribution >= 4 is 0 Å². The zero-order valence-electron chi connectivity index (χ0n) is 6.18. The molecule has 0 bridgehead atoms. The largest absolute Gasteiger partial charge is 0.373 e. The zero-order valence-corrected chi connectivity index (χ0v) is 6.18. The van der Waals surface area contributed by atoms with Gasteiger partial charge in [0.25, 0.3) is 0 Å². The van der Waals surface area contributed by atoms with Crippen LogP contribution in [0.4, 0.5) is 0 Å². The van der Waals surface area contributed by atoms with Gasteiger partial charge in [-0.25, -0.2) is 0 Å². The van der Waals surface area contributed by atoms with Gasteiger partial charge in [-0.05, 0) is 13.8 Å². The molecule has 0 heterocycles. The summed E-state index contributed by atoms with van der Waals surface area (Å²) in [5.74, 6) is 0. The first kappa shape index (κ1) is 8.44. The predicted molar refractivity (Wildman–Crippen MR) is 40.4 cm³/mol. The molecule has 0 aliphatic rings. The highest BCUT2D eigenvalue weighted by Gasteiger charge is 1.77. The molecule has 0 atom stereocenters. The molecule has 0 saturated carbocycles. The Bertz CT molecular complexity index is 99.1. The molecule has 0 aliphatic carbocycles. The second-order valence-corrected chi connectivity index (χ2v) is 2.11. The fraction of sp³-hybridized carbons (Fsp3) is 0.500. The molecule has 0 unspecified atom stereocenters. The minimum atomic E-state index is 0.643. The minimum absolute atomic E-state index is 0.643. The van der Waals surface area contributed by atoms with Gasteiger partial charge >= 0.3 is 0 Å². The predicted octanol–water partition coefficient (Wildman–Crippen LogP) is 2.16. The van der Waals surface area contributed by atoms with Crippen molar-refractivity contribution in [1.29, 1.82) is 0 Å². The van der Waals surface area contributed by atoms with Crippen LogP contribution < -0.4 is 0 Å². The second kappa shape index (κ2) is 5.57. The smallest absolute Gasteiger partial charge is 0.0654 e. The van der Waals surface area contributed by atoms with Crippen molar-refractivity contribution in [1.82, 2.24) is 0 Å². The molecule has 0 amide bonds. The Labute approximate surface area is 57.0 Å². The number of ether oxygens (including phenoxy) is 1. The zero-order chi connectivity index (χ0) is 7.11. The number of hydrogen-bond acceptors (Lipinski definition) is 1. The fourth-order valence-corrected chi connectivity index (χ4v) is 0.377. The third-order valence-corrected chi connectivity index (χ3v) is 0.845. The maximum atomic E-state index is 5.10. The Balaban J connectivity index is 3.09. The van der Waals surface area contributed by atoms with E-state index < -0.39 is 0 Å². The summed E-state index contributed by atoms with van der Waals surface area (Å²) in [4.78, 5) is 0. The van der Waals surface area contributed by atoms with Gasteiger partial charge in [-0.15, -0.1) is 6.58 Å². The molecule has 0 saturated heterocycles. The monoisotopic (exact) mass is 126 g/mol. The quantitative estimate of drug-likeness (QED) is 0.414. The number of hydrogen-bond donors (Lipinski definition) is 0. The summed E-state index contributed by atoms with van der Waals surface area (Å²) < 4.78 is 5.10. The van der Waals surface area contributed by atoms with Crippen LogP contribution in [0.25, 0.3) is 0 Å². The van der Waals surface area contributed by atoms with Crippen LogP contribution in [0.1, 0.15) is 13.8 Å². The van der Waals surface area contributed by atoms with E-state index in [0.29, 0.717) is 13.2 Å². The van der Waals surface area contributed by atoms with Crippen LogP contribution in [0.5, 0.6) is 0 Å². The van der Waals surface area contributed by atoms with Gasteiger partial charge in [0.05, 0.1) is 13.2 Å². The summed E-state index contributed by atoms with van der Waals surface area (Å²) in [6.45, 7) is 8.98. The SMILES string of the molecule is C=CCOCC=C(C)C. The van der Waals surface area contributed by atoms with Gasteiger partial charge < -0.3 is 4.74 Å². The Kier molecular flexibility index (Phi) is 5.23. The lowest BCUT2D eigenvalue weighted by Gasteiger charge is -1.93. The molecule has 0 rings (SSSR count). The Morgan fingerprint density at radius 3 is 2.56 bits per heavy atom. The highest BCUT2D eigenvalue weighted by molar-refractivity contribution is 4.92. The summed E-state index contributed by atoms with van der Waals surface area (Å²) in [6, 6.07) is 0. The van der Waals surface area contributed by atoms with Crippen molar-refractivity contribution in [3.05, 3.63) is 24.3 Å². The van der Waals surface area contributed by atoms with Crippen molar-refractivity contribution in [2.24, 2.45) is 0 Å². The van der Waals surface area contributed by atoms with Gasteiger partial charge in [-0.1, -0.05) is 17.7 Å². The van der Waals surface area contributed by atoms with Crippen LogP contribution in [0, 0.1) is 0 Å². The van der Waals surface area contributed by atoms with E-state index in [2.05, 4.69) is 20.4 Å². The highest BCUT2D eigenvalue weighted by Crippen LogP contribution is 1.87. The van der Waals surface area contributed by atoms with Gasteiger partial charge in [0.2, 0.25) is 0 Å². The Morgan fingerprint density at radius 2 is 2.11 bits per heavy atom. The fourth-order valence-electron chi connectivity index (χ4n) is 0.377. The van der Waals surface area contributed by atoms with Gasteiger partial charge in [0.15, 0.2) is 0 Å². The highest BCUT2D eigenvalue weighted by atomic mass is 16.5. The van der Waals surface area contributed by atoms with Gasteiger partial charge in [0, 0.05) is 0 Å². The van der Waals surface area contributed by atoms with Gasteiger partial charge in [-0.2, -0.15) is 0 Å². The normalized spacial score (nSPS) is 8.67. The van der Waals surface area contributed by atoms with Crippen molar-refractivity contribution in [3.63, 3.8) is 0 Å². The molecule has 0 aromatic heterocycles. The number of allylic oxidation sites excluding steroid dienone is 1. The molecule has 9 heavy (non-hydrogen) atoms. The molecule has 0 spiro atoms. The van der Waals surface area contributed by atoms with Gasteiger partial charge in [-0.3, -0.25) is 0 Å². The molecule has 52 valence electrons. The first-order valence-electron chi connectivity index (χ1n) is 3.09. The molecule has 0 N–H and O–H groups in total. The molecule has 0 aliphatic heterocycles. The van der Waals surface area contributed by atoms with Crippen LogP contribution in [-0.4, -0.2) is 13.2 Å². The molecule has 1 nitrogen and oxygen atoms in total. The van der Waals surface area contributed by atoms with Crippen LogP contribution in [0.15, 0.2) is 24.3 Å². The van der Waals surface area contributed by atoms with Crippen LogP contribution in [0.3, 0.4) is 0 Å². The molecular formula is C8H14O. The summed E-state index contributed by atoms with van der Waals surface area (Å²) in [6.07, 6.45) is 3.79. The topological polar surface area (TPSA) is 9.23 Å². The molecular weight excluding hydrogens is 112 g/mol. The average molecular weight is 126 g/mol. The van der Waals surface area contributed by atoms with E-state index in [1.54, 1.807) is 6.08 Å². The molecule has 0 fully saturated rings. The third kappa shape index (κ3) is 7.44. The van der Waals surface area contributed by atoms with E-state index in [4.69, 9.17) is 4.74 Å². The Hall–Kier alpha value is -0.560. The van der Waals surface area contributed by atoms with E-state index in [-0.39, 0.29) is 0 Å².